The minimum atomic E-state index is -0.173. The number of aliphatic hydroxyl groups is 1. The molecule has 1 aromatic heterocycles. The second kappa shape index (κ2) is 7.57. The number of hydrogen-bond donors (Lipinski definition) is 2. The first-order valence-electron chi connectivity index (χ1n) is 8.45. The molecule has 1 aromatic carbocycles. The van der Waals surface area contributed by atoms with Gasteiger partial charge in [-0.3, -0.25) is 0 Å². The summed E-state index contributed by atoms with van der Waals surface area (Å²) in [5.74, 6) is 1.05. The Balaban J connectivity index is 1.59. The van der Waals surface area contributed by atoms with Gasteiger partial charge in [0.05, 0.1) is 17.4 Å². The second-order valence-corrected chi connectivity index (χ2v) is 6.32. The number of rotatable bonds is 5. The molecule has 0 bridgehead atoms. The molecule has 134 valence electrons. The summed E-state index contributed by atoms with van der Waals surface area (Å²) in [4.78, 5) is 7.60. The summed E-state index contributed by atoms with van der Waals surface area (Å²) in [6.07, 6.45) is 1.44. The van der Waals surface area contributed by atoms with Crippen molar-refractivity contribution in [3.63, 3.8) is 0 Å². The van der Waals surface area contributed by atoms with E-state index in [1.165, 1.54) is 0 Å². The molecule has 1 aliphatic rings. The van der Waals surface area contributed by atoms with Crippen LogP contribution in [0.1, 0.15) is 35.4 Å². The molecular weight excluding hydrogens is 320 g/mol. The Labute approximate surface area is 147 Å². The van der Waals surface area contributed by atoms with Crippen molar-refractivity contribution in [3.05, 3.63) is 46.8 Å². The van der Waals surface area contributed by atoms with Crippen molar-refractivity contribution in [2.45, 2.75) is 39.4 Å². The first kappa shape index (κ1) is 17.3. The van der Waals surface area contributed by atoms with Crippen molar-refractivity contribution in [2.24, 2.45) is 10.9 Å². The lowest BCUT2D eigenvalue weighted by molar-refractivity contribution is 0.129. The standard InChI is InChI=1S/C18H24N4O3/c1-12-17(13(2)25-20-12)11-24-21-18(19)14-3-5-15(6-4-14)22-9-7-16(23)8-10-22/h3-6,16,23H,7-11H2,1-2H3,(H2,19,21). The Kier molecular flexibility index (Phi) is 5.23. The molecule has 7 nitrogen and oxygen atoms in total. The lowest BCUT2D eigenvalue weighted by Crippen LogP contribution is -2.35. The van der Waals surface area contributed by atoms with E-state index in [9.17, 15) is 5.11 Å². The fraction of sp³-hybridized carbons (Fsp3) is 0.444. The molecule has 0 spiro atoms. The number of oxime groups is 1. The van der Waals surface area contributed by atoms with Crippen LogP contribution in [0.25, 0.3) is 0 Å². The number of anilines is 1. The fourth-order valence-corrected chi connectivity index (χ4v) is 2.89. The van der Waals surface area contributed by atoms with E-state index >= 15 is 0 Å². The smallest absolute Gasteiger partial charge is 0.170 e. The Bertz CT molecular complexity index is 712. The number of aliphatic hydroxyl groups excluding tert-OH is 1. The van der Waals surface area contributed by atoms with Crippen LogP contribution in [-0.4, -0.2) is 35.3 Å². The molecule has 1 aliphatic heterocycles. The molecule has 0 unspecified atom stereocenters. The minimum Gasteiger partial charge on any atom is -0.393 e. The largest absolute Gasteiger partial charge is 0.393 e. The molecule has 0 aliphatic carbocycles. The van der Waals surface area contributed by atoms with Gasteiger partial charge in [0.25, 0.3) is 0 Å². The van der Waals surface area contributed by atoms with E-state index < -0.39 is 0 Å². The van der Waals surface area contributed by atoms with Crippen LogP contribution in [0.3, 0.4) is 0 Å². The Morgan fingerprint density at radius 3 is 2.60 bits per heavy atom. The number of piperidine rings is 1. The highest BCUT2D eigenvalue weighted by atomic mass is 16.6. The zero-order valence-electron chi connectivity index (χ0n) is 14.6. The maximum absolute atomic E-state index is 9.59. The van der Waals surface area contributed by atoms with Crippen molar-refractivity contribution < 1.29 is 14.5 Å². The van der Waals surface area contributed by atoms with E-state index in [1.54, 1.807) is 0 Å². The molecule has 25 heavy (non-hydrogen) atoms. The summed E-state index contributed by atoms with van der Waals surface area (Å²) in [5, 5.41) is 17.5. The number of nitrogens with two attached hydrogens (primary N) is 1. The Morgan fingerprint density at radius 1 is 1.32 bits per heavy atom. The number of benzene rings is 1. The first-order valence-corrected chi connectivity index (χ1v) is 8.45. The molecule has 2 heterocycles. The van der Waals surface area contributed by atoms with Gasteiger partial charge in [0, 0.05) is 24.3 Å². The third-order valence-corrected chi connectivity index (χ3v) is 4.55. The van der Waals surface area contributed by atoms with E-state index in [2.05, 4.69) is 15.2 Å². The van der Waals surface area contributed by atoms with Gasteiger partial charge in [-0.2, -0.15) is 0 Å². The maximum Gasteiger partial charge on any atom is 0.170 e. The fourth-order valence-electron chi connectivity index (χ4n) is 2.89. The van der Waals surface area contributed by atoms with Crippen molar-refractivity contribution in [1.29, 1.82) is 0 Å². The molecular formula is C18H24N4O3. The highest BCUT2D eigenvalue weighted by molar-refractivity contribution is 5.97. The van der Waals surface area contributed by atoms with Crippen LogP contribution >= 0.6 is 0 Å². The van der Waals surface area contributed by atoms with Gasteiger partial charge < -0.3 is 25.1 Å². The lowest BCUT2D eigenvalue weighted by atomic mass is 10.1. The molecule has 0 saturated carbocycles. The minimum absolute atomic E-state index is 0.173. The van der Waals surface area contributed by atoms with Crippen molar-refractivity contribution in [3.8, 4) is 0 Å². The summed E-state index contributed by atoms with van der Waals surface area (Å²) in [6.45, 7) is 5.70. The van der Waals surface area contributed by atoms with Crippen LogP contribution in [0, 0.1) is 13.8 Å². The van der Waals surface area contributed by atoms with Gasteiger partial charge >= 0.3 is 0 Å². The van der Waals surface area contributed by atoms with Crippen molar-refractivity contribution >= 4 is 11.5 Å². The Hall–Kier alpha value is -2.54. The molecule has 3 N–H and O–H groups in total. The van der Waals surface area contributed by atoms with Crippen LogP contribution in [0.5, 0.6) is 0 Å². The van der Waals surface area contributed by atoms with E-state index in [0.29, 0.717) is 5.84 Å². The molecule has 1 fully saturated rings. The molecule has 7 heteroatoms. The van der Waals surface area contributed by atoms with E-state index in [0.717, 1.165) is 54.2 Å². The summed E-state index contributed by atoms with van der Waals surface area (Å²) in [7, 11) is 0. The van der Waals surface area contributed by atoms with Gasteiger partial charge in [-0.05, 0) is 51.0 Å². The summed E-state index contributed by atoms with van der Waals surface area (Å²) in [5.41, 5.74) is 9.61. The van der Waals surface area contributed by atoms with Crippen LogP contribution in [0.15, 0.2) is 33.9 Å². The van der Waals surface area contributed by atoms with Gasteiger partial charge in [-0.15, -0.1) is 0 Å². The second-order valence-electron chi connectivity index (χ2n) is 6.32. The molecule has 3 rings (SSSR count). The van der Waals surface area contributed by atoms with Gasteiger partial charge in [0.1, 0.15) is 12.4 Å². The van der Waals surface area contributed by atoms with Crippen molar-refractivity contribution in [1.82, 2.24) is 5.16 Å². The highest BCUT2D eigenvalue weighted by Gasteiger charge is 2.17. The van der Waals surface area contributed by atoms with Gasteiger partial charge in [-0.1, -0.05) is 10.3 Å². The normalized spacial score (nSPS) is 16.3. The zero-order chi connectivity index (χ0) is 17.8. The quantitative estimate of drug-likeness (QED) is 0.490. The lowest BCUT2D eigenvalue weighted by Gasteiger charge is -2.31. The summed E-state index contributed by atoms with van der Waals surface area (Å²) >= 11 is 0. The SMILES string of the molecule is Cc1noc(C)c1CON=C(N)c1ccc(N2CCC(O)CC2)cc1. The van der Waals surface area contributed by atoms with Gasteiger partial charge in [-0.25, -0.2) is 0 Å². The Morgan fingerprint density at radius 2 is 2.00 bits per heavy atom. The monoisotopic (exact) mass is 344 g/mol. The molecule has 2 aromatic rings. The van der Waals surface area contributed by atoms with Crippen LogP contribution in [-0.2, 0) is 11.4 Å². The van der Waals surface area contributed by atoms with Gasteiger partial charge in [0.15, 0.2) is 5.84 Å². The van der Waals surface area contributed by atoms with Crippen molar-refractivity contribution in [2.75, 3.05) is 18.0 Å². The zero-order valence-corrected chi connectivity index (χ0v) is 14.6. The number of amidine groups is 1. The van der Waals surface area contributed by atoms with E-state index in [-0.39, 0.29) is 12.7 Å². The third-order valence-electron chi connectivity index (χ3n) is 4.55. The van der Waals surface area contributed by atoms with Crippen LogP contribution in [0.4, 0.5) is 5.69 Å². The summed E-state index contributed by atoms with van der Waals surface area (Å²) in [6, 6.07) is 7.89. The number of aryl methyl sites for hydroxylation is 2. The number of nitrogens with zero attached hydrogens (tertiary/aromatic N) is 3. The predicted octanol–water partition coefficient (Wildman–Crippen LogP) is 2.09. The molecule has 0 radical (unpaired) electrons. The first-order chi connectivity index (χ1) is 12.0. The van der Waals surface area contributed by atoms with E-state index in [4.69, 9.17) is 15.1 Å². The van der Waals surface area contributed by atoms with E-state index in [1.807, 2.05) is 38.1 Å². The highest BCUT2D eigenvalue weighted by Crippen LogP contribution is 2.20. The molecule has 0 amide bonds. The third kappa shape index (κ3) is 4.11. The average molecular weight is 344 g/mol. The maximum atomic E-state index is 9.59. The van der Waals surface area contributed by atoms with Crippen LogP contribution in [0.2, 0.25) is 0 Å². The van der Waals surface area contributed by atoms with Gasteiger partial charge in [0.2, 0.25) is 0 Å². The topological polar surface area (TPSA) is 97.1 Å². The molecule has 0 atom stereocenters. The number of aromatic nitrogens is 1. The predicted molar refractivity (Wildman–Crippen MR) is 95.4 cm³/mol. The summed E-state index contributed by atoms with van der Waals surface area (Å²) < 4.78 is 5.08. The number of hydrogen-bond acceptors (Lipinski definition) is 6. The average Bonchev–Trinajstić information content (AvgIpc) is 2.94. The molecule has 1 saturated heterocycles. The van der Waals surface area contributed by atoms with Crippen LogP contribution < -0.4 is 10.6 Å².